The first-order valence-electron chi connectivity index (χ1n) is 10.6. The van der Waals surface area contributed by atoms with Gasteiger partial charge in [-0.1, -0.05) is 12.1 Å². The van der Waals surface area contributed by atoms with Gasteiger partial charge in [0.05, 0.1) is 26.1 Å². The van der Waals surface area contributed by atoms with Crippen molar-refractivity contribution in [2.45, 2.75) is 46.3 Å². The van der Waals surface area contributed by atoms with Crippen molar-refractivity contribution in [3.8, 4) is 11.5 Å². The number of fused-ring (bicyclic) bond motifs is 3. The maximum Gasteiger partial charge on any atom is 0.278 e. The van der Waals surface area contributed by atoms with Gasteiger partial charge in [-0.25, -0.2) is 4.98 Å². The van der Waals surface area contributed by atoms with Crippen molar-refractivity contribution in [2.75, 3.05) is 14.2 Å². The van der Waals surface area contributed by atoms with Gasteiger partial charge in [-0.3, -0.25) is 14.2 Å². The average Bonchev–Trinajstić information content (AvgIpc) is 3.35. The van der Waals surface area contributed by atoms with Gasteiger partial charge in [-0.15, -0.1) is 0 Å². The highest BCUT2D eigenvalue weighted by molar-refractivity contribution is 6.07. The molecule has 0 bridgehead atoms. The third kappa shape index (κ3) is 4.13. The molecule has 4 aromatic rings. The average molecular weight is 454 g/mol. The van der Waals surface area contributed by atoms with E-state index in [1.54, 1.807) is 23.6 Å². The molecule has 11 nitrogen and oxygen atoms in total. The number of rotatable bonds is 8. The van der Waals surface area contributed by atoms with E-state index in [9.17, 15) is 9.59 Å². The Morgan fingerprint density at radius 2 is 1.97 bits per heavy atom. The molecule has 1 amide bonds. The molecule has 1 N–H and O–H groups in total. The van der Waals surface area contributed by atoms with Crippen molar-refractivity contribution in [3.05, 3.63) is 40.5 Å². The Morgan fingerprint density at radius 3 is 2.61 bits per heavy atom. The maximum atomic E-state index is 13.5. The Bertz CT molecular complexity index is 1390. The van der Waals surface area contributed by atoms with Crippen molar-refractivity contribution in [2.24, 2.45) is 0 Å². The minimum absolute atomic E-state index is 0.00997. The zero-order chi connectivity index (χ0) is 23.7. The third-order valence-corrected chi connectivity index (χ3v) is 5.53. The molecule has 0 aliphatic rings. The van der Waals surface area contributed by atoms with Crippen LogP contribution in [0.15, 0.2) is 27.8 Å². The number of nitrogens with zero attached hydrogens (tertiary/aromatic N) is 5. The largest absolute Gasteiger partial charge is 0.493 e. The number of methoxy groups -OCH3 is 2. The van der Waals surface area contributed by atoms with Gasteiger partial charge in [0, 0.05) is 17.5 Å². The second-order valence-corrected chi connectivity index (χ2v) is 7.80. The first-order chi connectivity index (χ1) is 15.9. The van der Waals surface area contributed by atoms with Crippen molar-refractivity contribution in [1.29, 1.82) is 0 Å². The second kappa shape index (κ2) is 8.93. The summed E-state index contributed by atoms with van der Waals surface area (Å²) in [6.07, 6.45) is 2.23. The number of aryl methyl sites for hydroxylation is 1. The van der Waals surface area contributed by atoms with Gasteiger partial charge in [-0.2, -0.15) is 4.98 Å². The predicted octanol–water partition coefficient (Wildman–Crippen LogP) is 2.02. The van der Waals surface area contributed by atoms with Gasteiger partial charge in [0.25, 0.3) is 5.56 Å². The molecule has 3 aromatic heterocycles. The van der Waals surface area contributed by atoms with Crippen molar-refractivity contribution < 1.29 is 18.8 Å². The van der Waals surface area contributed by atoms with Crippen LogP contribution in [0.2, 0.25) is 0 Å². The number of hydrogen-bond donors (Lipinski definition) is 1. The van der Waals surface area contributed by atoms with E-state index in [2.05, 4.69) is 20.4 Å². The van der Waals surface area contributed by atoms with E-state index in [4.69, 9.17) is 14.0 Å². The molecule has 0 spiro atoms. The summed E-state index contributed by atoms with van der Waals surface area (Å²) in [5.74, 6) is 1.54. The molecule has 0 saturated carbocycles. The minimum atomic E-state index is -0.332. The first-order valence-corrected chi connectivity index (χ1v) is 10.6. The Hall–Kier alpha value is -3.89. The zero-order valence-corrected chi connectivity index (χ0v) is 19.2. The van der Waals surface area contributed by atoms with Crippen molar-refractivity contribution >= 4 is 27.8 Å². The Morgan fingerprint density at radius 1 is 1.24 bits per heavy atom. The molecular formula is C22H26N6O5. The first kappa shape index (κ1) is 22.3. The lowest BCUT2D eigenvalue weighted by atomic mass is 10.2. The molecule has 4 rings (SSSR count). The predicted molar refractivity (Wildman–Crippen MR) is 121 cm³/mol. The van der Waals surface area contributed by atoms with Gasteiger partial charge < -0.3 is 23.9 Å². The van der Waals surface area contributed by atoms with E-state index in [1.807, 2.05) is 13.8 Å². The Labute approximate surface area is 189 Å². The second-order valence-electron chi connectivity index (χ2n) is 7.80. The monoisotopic (exact) mass is 454 g/mol. The molecule has 0 saturated heterocycles. The summed E-state index contributed by atoms with van der Waals surface area (Å²) in [6, 6.07) is 3.52. The Kier molecular flexibility index (Phi) is 6.03. The van der Waals surface area contributed by atoms with Crippen LogP contribution < -0.4 is 20.3 Å². The van der Waals surface area contributed by atoms with Crippen molar-refractivity contribution in [1.82, 2.24) is 29.6 Å². The van der Waals surface area contributed by atoms with Crippen LogP contribution in [0, 0.1) is 6.92 Å². The molecule has 0 aliphatic heterocycles. The van der Waals surface area contributed by atoms with E-state index in [0.29, 0.717) is 39.3 Å². The van der Waals surface area contributed by atoms with Crippen LogP contribution >= 0.6 is 0 Å². The summed E-state index contributed by atoms with van der Waals surface area (Å²) >= 11 is 0. The summed E-state index contributed by atoms with van der Waals surface area (Å²) < 4.78 is 19.1. The van der Waals surface area contributed by atoms with Gasteiger partial charge >= 0.3 is 0 Å². The van der Waals surface area contributed by atoms with Gasteiger partial charge in [0.2, 0.25) is 11.8 Å². The van der Waals surface area contributed by atoms with Crippen LogP contribution in [0.1, 0.15) is 32.0 Å². The molecule has 174 valence electrons. The summed E-state index contributed by atoms with van der Waals surface area (Å²) in [5, 5.41) is 7.39. The van der Waals surface area contributed by atoms with E-state index in [-0.39, 0.29) is 36.5 Å². The van der Waals surface area contributed by atoms with Crippen LogP contribution in [0.5, 0.6) is 11.5 Å². The smallest absolute Gasteiger partial charge is 0.278 e. The molecule has 3 heterocycles. The number of carbonyl (C=O) groups is 1. The minimum Gasteiger partial charge on any atom is -0.493 e. The lowest BCUT2D eigenvalue weighted by Gasteiger charge is -2.13. The molecule has 1 aromatic carbocycles. The summed E-state index contributed by atoms with van der Waals surface area (Å²) in [6.45, 7) is 5.63. The molecule has 0 fully saturated rings. The maximum absolute atomic E-state index is 13.5. The molecule has 0 radical (unpaired) electrons. The molecule has 11 heteroatoms. The van der Waals surface area contributed by atoms with Crippen LogP contribution in [0.3, 0.4) is 0 Å². The van der Waals surface area contributed by atoms with Crippen LogP contribution in [0.4, 0.5) is 0 Å². The zero-order valence-electron chi connectivity index (χ0n) is 19.2. The lowest BCUT2D eigenvalue weighted by Crippen LogP contribution is -2.35. The number of ether oxygens (including phenoxy) is 2. The molecular weight excluding hydrogens is 428 g/mol. The van der Waals surface area contributed by atoms with E-state index in [0.717, 1.165) is 6.42 Å². The highest BCUT2D eigenvalue weighted by Crippen LogP contribution is 2.36. The van der Waals surface area contributed by atoms with Crippen LogP contribution in [-0.4, -0.2) is 50.4 Å². The highest BCUT2D eigenvalue weighted by Gasteiger charge is 2.22. The summed E-state index contributed by atoms with van der Waals surface area (Å²) in [7, 11) is 3.07. The SMILES string of the molecule is CC[C@H](C)NC(=O)Cn1c2cc(OC)c(OC)cc2c2ncn(Cc3nc(C)no3)c(=O)c21. The fourth-order valence-corrected chi connectivity index (χ4v) is 3.71. The van der Waals surface area contributed by atoms with E-state index in [1.165, 1.54) is 25.1 Å². The van der Waals surface area contributed by atoms with E-state index < -0.39 is 0 Å². The topological polar surface area (TPSA) is 126 Å². The lowest BCUT2D eigenvalue weighted by molar-refractivity contribution is -0.122. The van der Waals surface area contributed by atoms with Gasteiger partial charge in [0.1, 0.15) is 24.1 Å². The summed E-state index contributed by atoms with van der Waals surface area (Å²) in [5.41, 5.74) is 1.06. The highest BCUT2D eigenvalue weighted by atomic mass is 16.5. The molecule has 1 atom stereocenters. The molecule has 33 heavy (non-hydrogen) atoms. The Balaban J connectivity index is 1.92. The number of nitrogens with one attached hydrogen (secondary N) is 1. The van der Waals surface area contributed by atoms with E-state index >= 15 is 0 Å². The fourth-order valence-electron chi connectivity index (χ4n) is 3.71. The normalized spacial score (nSPS) is 12.3. The number of carbonyl (C=O) groups excluding carboxylic acids is 1. The van der Waals surface area contributed by atoms with Crippen molar-refractivity contribution in [3.63, 3.8) is 0 Å². The summed E-state index contributed by atoms with van der Waals surface area (Å²) in [4.78, 5) is 35.0. The van der Waals surface area contributed by atoms with Crippen LogP contribution in [0.25, 0.3) is 21.9 Å². The van der Waals surface area contributed by atoms with Crippen LogP contribution in [-0.2, 0) is 17.9 Å². The quantitative estimate of drug-likeness (QED) is 0.429. The molecule has 0 unspecified atom stereocenters. The number of aromatic nitrogens is 5. The standard InChI is InChI=1S/C22H26N6O5/c1-6-12(2)24-18(29)9-28-15-8-17(32-5)16(31-4)7-14(15)20-21(28)22(30)27(11-23-20)10-19-25-13(3)26-33-19/h7-8,11-12H,6,9-10H2,1-5H3,(H,24,29)/t12-/m0/s1. The van der Waals surface area contributed by atoms with Gasteiger partial charge in [0.15, 0.2) is 17.3 Å². The number of amides is 1. The molecule has 0 aliphatic carbocycles. The fraction of sp³-hybridized carbons (Fsp3) is 0.409. The third-order valence-electron chi connectivity index (χ3n) is 5.53. The number of benzene rings is 1. The number of hydrogen-bond acceptors (Lipinski definition) is 8. The van der Waals surface area contributed by atoms with Gasteiger partial charge in [-0.05, 0) is 26.3 Å².